The molecule has 7 heteroatoms. The molecular weight excluding hydrogens is 500 g/mol. The molecule has 3 aromatic carbocycles. The first-order valence-corrected chi connectivity index (χ1v) is 12.7. The third-order valence-corrected chi connectivity index (χ3v) is 7.28. The van der Waals surface area contributed by atoms with E-state index >= 15 is 0 Å². The van der Waals surface area contributed by atoms with Crippen LogP contribution in [0.2, 0.25) is 5.02 Å². The maximum Gasteiger partial charge on any atom is 0.296 e. The first-order valence-electron chi connectivity index (χ1n) is 9.98. The fourth-order valence-corrected chi connectivity index (χ4v) is 4.89. The number of halogens is 2. The normalized spacial score (nSPS) is 13.6. The zero-order valence-corrected chi connectivity index (χ0v) is 20.0. The molecule has 0 N–H and O–H groups in total. The number of ether oxygens (including phenoxy) is 1. The number of rotatable bonds is 11. The standard InChI is InChI=1S/C24H24BrClO4S/c25-23(19-9-3-1-4-10-19)24(20-11-5-2-6-12-20)29-17-7-8-18-30-31(27,28)22-15-13-21(26)14-16-22/h1-6,9-16,23-24H,7-8,17-18H2/t23-,24+/m0/s1. The maximum atomic E-state index is 12.2. The van der Waals surface area contributed by atoms with Crippen molar-refractivity contribution in [2.45, 2.75) is 28.7 Å². The van der Waals surface area contributed by atoms with Crippen LogP contribution in [0, 0.1) is 0 Å². The van der Waals surface area contributed by atoms with E-state index in [1.165, 1.54) is 24.3 Å². The minimum atomic E-state index is -3.78. The third kappa shape index (κ3) is 7.16. The fraction of sp³-hybridized carbons (Fsp3) is 0.250. The molecule has 0 aliphatic heterocycles. The van der Waals surface area contributed by atoms with Crippen molar-refractivity contribution in [3.63, 3.8) is 0 Å². The Morgan fingerprint density at radius 3 is 1.94 bits per heavy atom. The van der Waals surface area contributed by atoms with E-state index in [0.717, 1.165) is 11.1 Å². The zero-order valence-electron chi connectivity index (χ0n) is 16.9. The largest absolute Gasteiger partial charge is 0.372 e. The number of hydrogen-bond donors (Lipinski definition) is 0. The Morgan fingerprint density at radius 2 is 1.32 bits per heavy atom. The summed E-state index contributed by atoms with van der Waals surface area (Å²) in [6, 6.07) is 26.1. The molecule has 31 heavy (non-hydrogen) atoms. The van der Waals surface area contributed by atoms with Crippen molar-refractivity contribution in [2.75, 3.05) is 13.2 Å². The van der Waals surface area contributed by atoms with Crippen LogP contribution in [0.25, 0.3) is 0 Å². The second-order valence-corrected chi connectivity index (χ2v) is 9.99. The van der Waals surface area contributed by atoms with Crippen molar-refractivity contribution >= 4 is 37.6 Å². The highest BCUT2D eigenvalue weighted by Gasteiger charge is 2.23. The van der Waals surface area contributed by atoms with E-state index in [1.807, 2.05) is 48.5 Å². The van der Waals surface area contributed by atoms with Crippen LogP contribution in [0.4, 0.5) is 0 Å². The van der Waals surface area contributed by atoms with Crippen LogP contribution < -0.4 is 0 Å². The summed E-state index contributed by atoms with van der Waals surface area (Å²) in [6.45, 7) is 0.583. The molecule has 0 heterocycles. The van der Waals surface area contributed by atoms with Crippen LogP contribution >= 0.6 is 27.5 Å². The molecule has 0 fully saturated rings. The smallest absolute Gasteiger partial charge is 0.296 e. The maximum absolute atomic E-state index is 12.2. The van der Waals surface area contributed by atoms with E-state index in [2.05, 4.69) is 28.1 Å². The van der Waals surface area contributed by atoms with Crippen LogP contribution in [0.3, 0.4) is 0 Å². The third-order valence-electron chi connectivity index (χ3n) is 4.69. The molecule has 0 aliphatic carbocycles. The average molecular weight is 524 g/mol. The lowest BCUT2D eigenvalue weighted by Crippen LogP contribution is -2.12. The molecule has 0 aromatic heterocycles. The van der Waals surface area contributed by atoms with Gasteiger partial charge >= 0.3 is 0 Å². The first kappa shape index (κ1) is 24.0. The molecule has 0 bridgehead atoms. The van der Waals surface area contributed by atoms with Gasteiger partial charge in [-0.3, -0.25) is 4.18 Å². The fourth-order valence-electron chi connectivity index (χ4n) is 3.06. The van der Waals surface area contributed by atoms with Crippen molar-refractivity contribution in [3.05, 3.63) is 101 Å². The second kappa shape index (κ2) is 11.8. The van der Waals surface area contributed by atoms with E-state index < -0.39 is 10.1 Å². The lowest BCUT2D eigenvalue weighted by Gasteiger charge is -2.24. The van der Waals surface area contributed by atoms with Gasteiger partial charge in [0.05, 0.1) is 22.4 Å². The Labute approximate surface area is 197 Å². The summed E-state index contributed by atoms with van der Waals surface area (Å²) in [5.41, 5.74) is 2.21. The summed E-state index contributed by atoms with van der Waals surface area (Å²) >= 11 is 9.59. The van der Waals surface area contributed by atoms with Crippen molar-refractivity contribution in [1.82, 2.24) is 0 Å². The van der Waals surface area contributed by atoms with Crippen molar-refractivity contribution < 1.29 is 17.3 Å². The van der Waals surface area contributed by atoms with Crippen molar-refractivity contribution in [1.29, 1.82) is 0 Å². The Hall–Kier alpha value is -1.70. The molecule has 0 saturated carbocycles. The summed E-state index contributed by atoms with van der Waals surface area (Å²) in [7, 11) is -3.78. The molecule has 0 saturated heterocycles. The van der Waals surface area contributed by atoms with Crippen LogP contribution in [-0.2, 0) is 19.0 Å². The van der Waals surface area contributed by atoms with Gasteiger partial charge in [-0.1, -0.05) is 88.2 Å². The summed E-state index contributed by atoms with van der Waals surface area (Å²) in [6.07, 6.45) is 1.07. The highest BCUT2D eigenvalue weighted by atomic mass is 79.9. The van der Waals surface area contributed by atoms with Gasteiger partial charge in [-0.25, -0.2) is 0 Å². The van der Waals surface area contributed by atoms with E-state index in [-0.39, 0.29) is 22.4 Å². The van der Waals surface area contributed by atoms with Gasteiger partial charge < -0.3 is 4.74 Å². The van der Waals surface area contributed by atoms with Crippen LogP contribution in [0.1, 0.15) is 34.9 Å². The van der Waals surface area contributed by atoms with Gasteiger partial charge in [0.2, 0.25) is 0 Å². The van der Waals surface area contributed by atoms with E-state index in [0.29, 0.717) is 24.5 Å². The lowest BCUT2D eigenvalue weighted by molar-refractivity contribution is 0.0479. The topological polar surface area (TPSA) is 52.6 Å². The Morgan fingerprint density at radius 1 is 0.774 bits per heavy atom. The molecule has 0 aliphatic rings. The molecule has 0 spiro atoms. The number of benzene rings is 3. The predicted octanol–water partition coefficient (Wildman–Crippen LogP) is 6.72. The molecular formula is C24H24BrClO4S. The van der Waals surface area contributed by atoms with Gasteiger partial charge in [0, 0.05) is 11.6 Å². The zero-order chi connectivity index (χ0) is 22.1. The average Bonchev–Trinajstić information content (AvgIpc) is 2.79. The van der Waals surface area contributed by atoms with E-state index in [1.54, 1.807) is 0 Å². The van der Waals surface area contributed by atoms with Gasteiger partial charge in [-0.15, -0.1) is 0 Å². The Kier molecular flexibility index (Phi) is 9.11. The summed E-state index contributed by atoms with van der Waals surface area (Å²) in [5, 5.41) is 0.477. The van der Waals surface area contributed by atoms with Crippen molar-refractivity contribution in [2.24, 2.45) is 0 Å². The van der Waals surface area contributed by atoms with Gasteiger partial charge in [-0.2, -0.15) is 8.42 Å². The second-order valence-electron chi connectivity index (χ2n) is 6.95. The summed E-state index contributed by atoms with van der Waals surface area (Å²) < 4.78 is 35.8. The van der Waals surface area contributed by atoms with E-state index in [9.17, 15) is 8.42 Å². The summed E-state index contributed by atoms with van der Waals surface area (Å²) in [5.74, 6) is 0. The van der Waals surface area contributed by atoms with Crippen LogP contribution in [-0.4, -0.2) is 21.6 Å². The monoisotopic (exact) mass is 522 g/mol. The molecule has 0 unspecified atom stereocenters. The Bertz CT molecular complexity index is 1030. The molecule has 0 amide bonds. The van der Waals surface area contributed by atoms with Gasteiger partial charge in [0.15, 0.2) is 0 Å². The van der Waals surface area contributed by atoms with Gasteiger partial charge in [0.1, 0.15) is 0 Å². The molecule has 2 atom stereocenters. The minimum Gasteiger partial charge on any atom is -0.372 e. The lowest BCUT2D eigenvalue weighted by atomic mass is 10.0. The van der Waals surface area contributed by atoms with Crippen LogP contribution in [0.15, 0.2) is 89.8 Å². The molecule has 3 aromatic rings. The SMILES string of the molecule is O=S(=O)(OCCCCO[C@H](c1ccccc1)[C@@H](Br)c1ccccc1)c1ccc(Cl)cc1. The van der Waals surface area contributed by atoms with E-state index in [4.69, 9.17) is 20.5 Å². The quantitative estimate of drug-likeness (QED) is 0.159. The minimum absolute atomic E-state index is 0.00219. The van der Waals surface area contributed by atoms with Gasteiger partial charge in [-0.05, 0) is 48.2 Å². The van der Waals surface area contributed by atoms with Crippen molar-refractivity contribution in [3.8, 4) is 0 Å². The highest BCUT2D eigenvalue weighted by Crippen LogP contribution is 2.38. The molecule has 4 nitrogen and oxygen atoms in total. The van der Waals surface area contributed by atoms with Gasteiger partial charge in [0.25, 0.3) is 10.1 Å². The predicted molar refractivity (Wildman–Crippen MR) is 127 cm³/mol. The Balaban J connectivity index is 1.51. The number of unbranched alkanes of at least 4 members (excludes halogenated alkanes) is 1. The molecule has 3 rings (SSSR count). The molecule has 0 radical (unpaired) electrons. The molecule has 164 valence electrons. The highest BCUT2D eigenvalue weighted by molar-refractivity contribution is 9.09. The summed E-state index contributed by atoms with van der Waals surface area (Å²) in [4.78, 5) is 0.0971. The first-order chi connectivity index (χ1) is 15.0. The number of alkyl halides is 1. The number of hydrogen-bond acceptors (Lipinski definition) is 4. The van der Waals surface area contributed by atoms with Crippen LogP contribution in [0.5, 0.6) is 0 Å².